The zero-order valence-electron chi connectivity index (χ0n) is 11.4. The van der Waals surface area contributed by atoms with Gasteiger partial charge < -0.3 is 5.32 Å². The first-order chi connectivity index (χ1) is 9.19. The third kappa shape index (κ3) is 3.65. The highest BCUT2D eigenvalue weighted by atomic mass is 16.1. The minimum absolute atomic E-state index is 0.0316. The van der Waals surface area contributed by atoms with E-state index in [4.69, 9.17) is 0 Å². The van der Waals surface area contributed by atoms with Crippen molar-refractivity contribution in [1.82, 2.24) is 5.32 Å². The van der Waals surface area contributed by atoms with E-state index in [0.29, 0.717) is 12.1 Å². The molecule has 0 spiro atoms. The highest BCUT2D eigenvalue weighted by Gasteiger charge is 2.05. The van der Waals surface area contributed by atoms with Gasteiger partial charge in [-0.05, 0) is 29.7 Å². The molecule has 2 rings (SSSR count). The van der Waals surface area contributed by atoms with Crippen molar-refractivity contribution in [2.75, 3.05) is 0 Å². The van der Waals surface area contributed by atoms with Crippen LogP contribution in [-0.4, -0.2) is 5.91 Å². The maximum Gasteiger partial charge on any atom is 0.251 e. The summed E-state index contributed by atoms with van der Waals surface area (Å²) in [5.74, 6) is -0.0316. The van der Waals surface area contributed by atoms with Crippen LogP contribution in [0, 0.1) is 0 Å². The van der Waals surface area contributed by atoms with Crippen molar-refractivity contribution in [3.8, 4) is 0 Å². The van der Waals surface area contributed by atoms with E-state index < -0.39 is 0 Å². The van der Waals surface area contributed by atoms with Gasteiger partial charge in [-0.25, -0.2) is 4.57 Å². The predicted molar refractivity (Wildman–Crippen MR) is 74.6 cm³/mol. The molecular weight excluding hydrogens is 236 g/mol. The van der Waals surface area contributed by atoms with Crippen molar-refractivity contribution in [1.29, 1.82) is 0 Å². The molecule has 0 fully saturated rings. The maximum atomic E-state index is 12.0. The molecule has 1 aromatic carbocycles. The molecule has 0 radical (unpaired) electrons. The monoisotopic (exact) mass is 255 g/mol. The molecule has 1 aromatic heterocycles. The molecule has 0 bridgehead atoms. The average Bonchev–Trinajstić information content (AvgIpc) is 2.46. The Kier molecular flexibility index (Phi) is 4.29. The molecule has 1 amide bonds. The average molecular weight is 255 g/mol. The summed E-state index contributed by atoms with van der Waals surface area (Å²) in [6.45, 7) is 2.65. The Morgan fingerprint density at radius 1 is 1.05 bits per heavy atom. The van der Waals surface area contributed by atoms with Crippen LogP contribution in [-0.2, 0) is 20.0 Å². The van der Waals surface area contributed by atoms with Crippen LogP contribution in [0.3, 0.4) is 0 Å². The number of hydrogen-bond acceptors (Lipinski definition) is 1. The quantitative estimate of drug-likeness (QED) is 0.833. The number of rotatable bonds is 4. The summed E-state index contributed by atoms with van der Waals surface area (Å²) in [6.07, 6.45) is 4.93. The second-order valence-corrected chi connectivity index (χ2v) is 4.61. The number of pyridine rings is 1. The van der Waals surface area contributed by atoms with Gasteiger partial charge in [-0.1, -0.05) is 19.1 Å². The highest BCUT2D eigenvalue weighted by molar-refractivity contribution is 5.94. The Balaban J connectivity index is 1.95. The Morgan fingerprint density at radius 3 is 2.26 bits per heavy atom. The summed E-state index contributed by atoms with van der Waals surface area (Å²) in [5, 5.41) is 2.92. The molecule has 1 N–H and O–H groups in total. The van der Waals surface area contributed by atoms with Crippen molar-refractivity contribution >= 4 is 5.91 Å². The first kappa shape index (κ1) is 13.3. The number of nitrogens with one attached hydrogen (secondary N) is 1. The second kappa shape index (κ2) is 6.14. The van der Waals surface area contributed by atoms with E-state index in [1.54, 1.807) is 0 Å². The third-order valence-corrected chi connectivity index (χ3v) is 3.12. The fourth-order valence-electron chi connectivity index (χ4n) is 1.83. The van der Waals surface area contributed by atoms with Crippen LogP contribution < -0.4 is 9.88 Å². The van der Waals surface area contributed by atoms with Crippen LogP contribution >= 0.6 is 0 Å². The molecular formula is C16H19N2O+. The number of carbonyl (C=O) groups excluding carboxylic acids is 1. The zero-order chi connectivity index (χ0) is 13.7. The molecule has 98 valence electrons. The summed E-state index contributed by atoms with van der Waals surface area (Å²) in [4.78, 5) is 12.0. The topological polar surface area (TPSA) is 33.0 Å². The van der Waals surface area contributed by atoms with Crippen molar-refractivity contribution in [3.63, 3.8) is 0 Å². The van der Waals surface area contributed by atoms with E-state index >= 15 is 0 Å². The summed E-state index contributed by atoms with van der Waals surface area (Å²) < 4.78 is 1.97. The van der Waals surface area contributed by atoms with E-state index in [-0.39, 0.29) is 5.91 Å². The first-order valence-electron chi connectivity index (χ1n) is 6.50. The lowest BCUT2D eigenvalue weighted by Gasteiger charge is -2.05. The summed E-state index contributed by atoms with van der Waals surface area (Å²) in [7, 11) is 1.97. The van der Waals surface area contributed by atoms with Crippen LogP contribution in [0.15, 0.2) is 48.8 Å². The fraction of sp³-hybridized carbons (Fsp3) is 0.250. The fourth-order valence-corrected chi connectivity index (χ4v) is 1.83. The van der Waals surface area contributed by atoms with Gasteiger partial charge in [0.05, 0.1) is 0 Å². The molecule has 0 saturated heterocycles. The van der Waals surface area contributed by atoms with Gasteiger partial charge in [-0.3, -0.25) is 4.79 Å². The predicted octanol–water partition coefficient (Wildman–Crippen LogP) is 2.00. The number of aryl methyl sites for hydroxylation is 2. The van der Waals surface area contributed by atoms with Crippen LogP contribution in [0.5, 0.6) is 0 Å². The number of benzene rings is 1. The first-order valence-corrected chi connectivity index (χ1v) is 6.50. The van der Waals surface area contributed by atoms with Crippen LogP contribution in [0.4, 0.5) is 0 Å². The highest BCUT2D eigenvalue weighted by Crippen LogP contribution is 2.05. The molecule has 19 heavy (non-hydrogen) atoms. The summed E-state index contributed by atoms with van der Waals surface area (Å²) in [6, 6.07) is 11.7. The SMILES string of the molecule is CCc1ccc(C(=O)NCc2cc[n+](C)cc2)cc1. The van der Waals surface area contributed by atoms with Gasteiger partial charge in [0.15, 0.2) is 12.4 Å². The van der Waals surface area contributed by atoms with Gasteiger partial charge in [-0.15, -0.1) is 0 Å². The third-order valence-electron chi connectivity index (χ3n) is 3.12. The lowest BCUT2D eigenvalue weighted by Crippen LogP contribution is -2.27. The van der Waals surface area contributed by atoms with Gasteiger partial charge in [0, 0.05) is 24.2 Å². The van der Waals surface area contributed by atoms with Crippen molar-refractivity contribution < 1.29 is 9.36 Å². The second-order valence-electron chi connectivity index (χ2n) is 4.61. The molecule has 0 aliphatic heterocycles. The number of nitrogens with zero attached hydrogens (tertiary/aromatic N) is 1. The summed E-state index contributed by atoms with van der Waals surface area (Å²) in [5.41, 5.74) is 3.04. The van der Waals surface area contributed by atoms with Gasteiger partial charge in [0.2, 0.25) is 0 Å². The molecule has 0 saturated carbocycles. The molecule has 1 heterocycles. The lowest BCUT2D eigenvalue weighted by atomic mass is 10.1. The Bertz CT molecular complexity index is 544. The van der Waals surface area contributed by atoms with Crippen LogP contribution in [0.25, 0.3) is 0 Å². The van der Waals surface area contributed by atoms with E-state index in [1.165, 1.54) is 5.56 Å². The molecule has 0 aliphatic carbocycles. The Morgan fingerprint density at radius 2 is 1.68 bits per heavy atom. The number of amides is 1. The lowest BCUT2D eigenvalue weighted by molar-refractivity contribution is -0.671. The number of hydrogen-bond donors (Lipinski definition) is 1. The molecule has 0 aliphatic rings. The largest absolute Gasteiger partial charge is 0.348 e. The minimum atomic E-state index is -0.0316. The van der Waals surface area contributed by atoms with Crippen molar-refractivity contribution in [3.05, 3.63) is 65.5 Å². The smallest absolute Gasteiger partial charge is 0.251 e. The summed E-state index contributed by atoms with van der Waals surface area (Å²) >= 11 is 0. The molecule has 0 atom stereocenters. The zero-order valence-corrected chi connectivity index (χ0v) is 11.4. The Labute approximate surface area is 113 Å². The Hall–Kier alpha value is -2.16. The van der Waals surface area contributed by atoms with E-state index in [0.717, 1.165) is 12.0 Å². The van der Waals surface area contributed by atoms with Crippen LogP contribution in [0.1, 0.15) is 28.4 Å². The normalized spacial score (nSPS) is 10.2. The minimum Gasteiger partial charge on any atom is -0.348 e. The molecule has 3 heteroatoms. The standard InChI is InChI=1S/C16H18N2O/c1-3-13-4-6-15(7-5-13)16(19)17-12-14-8-10-18(2)11-9-14/h4-11H,3,12H2,1-2H3/p+1. The van der Waals surface area contributed by atoms with Gasteiger partial charge in [-0.2, -0.15) is 0 Å². The van der Waals surface area contributed by atoms with Gasteiger partial charge in [0.25, 0.3) is 5.91 Å². The molecule has 3 nitrogen and oxygen atoms in total. The van der Waals surface area contributed by atoms with Gasteiger partial charge >= 0.3 is 0 Å². The molecule has 0 unspecified atom stereocenters. The maximum absolute atomic E-state index is 12.0. The van der Waals surface area contributed by atoms with E-state index in [2.05, 4.69) is 12.2 Å². The van der Waals surface area contributed by atoms with E-state index in [9.17, 15) is 4.79 Å². The molecule has 2 aromatic rings. The van der Waals surface area contributed by atoms with Crippen molar-refractivity contribution in [2.45, 2.75) is 19.9 Å². The van der Waals surface area contributed by atoms with Crippen molar-refractivity contribution in [2.24, 2.45) is 7.05 Å². The number of aromatic nitrogens is 1. The van der Waals surface area contributed by atoms with Gasteiger partial charge in [0.1, 0.15) is 7.05 Å². The van der Waals surface area contributed by atoms with E-state index in [1.807, 2.05) is 60.4 Å². The van der Waals surface area contributed by atoms with Crippen LogP contribution in [0.2, 0.25) is 0 Å². The number of carbonyl (C=O) groups is 1.